The van der Waals surface area contributed by atoms with Crippen molar-refractivity contribution in [1.82, 2.24) is 0 Å². The maximum atomic E-state index is 13.7. The molecular formula is C13H6Cl2F4. The van der Waals surface area contributed by atoms with Gasteiger partial charge in [-0.1, -0.05) is 35.3 Å². The smallest absolute Gasteiger partial charge is 0.206 e. The Balaban J connectivity index is 2.65. The molecule has 6 heteroatoms. The van der Waals surface area contributed by atoms with Crippen molar-refractivity contribution in [3.8, 4) is 11.1 Å². The summed E-state index contributed by atoms with van der Waals surface area (Å²) in [5.41, 5.74) is -1.07. The second-order valence-electron chi connectivity index (χ2n) is 3.79. The Morgan fingerprint density at radius 2 is 1.58 bits per heavy atom. The molecule has 0 saturated carbocycles. The Morgan fingerprint density at radius 3 is 2.16 bits per heavy atom. The zero-order valence-electron chi connectivity index (χ0n) is 9.23. The second-order valence-corrected chi connectivity index (χ2v) is 4.60. The van der Waals surface area contributed by atoms with Crippen LogP contribution < -0.4 is 0 Å². The SMILES string of the molecule is Fc1cccc(Cl)c1-c1ccc(Cl)c(C(F)(F)F)c1. The van der Waals surface area contributed by atoms with Crippen LogP contribution in [0.25, 0.3) is 11.1 Å². The van der Waals surface area contributed by atoms with Gasteiger partial charge in [0.2, 0.25) is 0 Å². The van der Waals surface area contributed by atoms with Gasteiger partial charge in [0.25, 0.3) is 0 Å². The molecule has 0 N–H and O–H groups in total. The Kier molecular flexibility index (Phi) is 3.74. The van der Waals surface area contributed by atoms with E-state index in [2.05, 4.69) is 0 Å². The largest absolute Gasteiger partial charge is 0.417 e. The summed E-state index contributed by atoms with van der Waals surface area (Å²) in [7, 11) is 0. The molecule has 2 rings (SSSR count). The minimum atomic E-state index is -4.61. The van der Waals surface area contributed by atoms with Gasteiger partial charge in [-0.3, -0.25) is 0 Å². The van der Waals surface area contributed by atoms with Gasteiger partial charge in [-0.15, -0.1) is 0 Å². The molecule has 0 aliphatic carbocycles. The highest BCUT2D eigenvalue weighted by molar-refractivity contribution is 6.33. The molecule has 0 aliphatic rings. The lowest BCUT2D eigenvalue weighted by Gasteiger charge is -2.12. The molecule has 0 fully saturated rings. The number of alkyl halides is 3. The topological polar surface area (TPSA) is 0 Å². The number of benzene rings is 2. The van der Waals surface area contributed by atoms with Crippen molar-refractivity contribution in [2.45, 2.75) is 6.18 Å². The highest BCUT2D eigenvalue weighted by Gasteiger charge is 2.33. The maximum absolute atomic E-state index is 13.7. The van der Waals surface area contributed by atoms with Gasteiger partial charge in [0.1, 0.15) is 5.82 Å². The second kappa shape index (κ2) is 5.02. The minimum absolute atomic E-state index is 0.0276. The molecule has 0 radical (unpaired) electrons. The molecule has 2 aromatic rings. The lowest BCUT2D eigenvalue weighted by Crippen LogP contribution is -2.06. The van der Waals surface area contributed by atoms with E-state index in [1.807, 2.05) is 0 Å². The number of hydrogen-bond acceptors (Lipinski definition) is 0. The van der Waals surface area contributed by atoms with E-state index >= 15 is 0 Å². The van der Waals surface area contributed by atoms with Gasteiger partial charge in [-0.2, -0.15) is 13.2 Å². The van der Waals surface area contributed by atoms with E-state index in [0.29, 0.717) is 0 Å². The van der Waals surface area contributed by atoms with Gasteiger partial charge in [0.15, 0.2) is 0 Å². The Hall–Kier alpha value is -1.26. The molecule has 100 valence electrons. The van der Waals surface area contributed by atoms with Crippen LogP contribution in [-0.4, -0.2) is 0 Å². The fraction of sp³-hybridized carbons (Fsp3) is 0.0769. The van der Waals surface area contributed by atoms with Crippen LogP contribution in [0.4, 0.5) is 17.6 Å². The molecule has 0 spiro atoms. The molecule has 0 aromatic heterocycles. The predicted molar refractivity (Wildman–Crippen MR) is 66.9 cm³/mol. The lowest BCUT2D eigenvalue weighted by atomic mass is 10.0. The first-order chi connectivity index (χ1) is 8.80. The first-order valence-electron chi connectivity index (χ1n) is 5.12. The molecule has 0 unspecified atom stereocenters. The van der Waals surface area contributed by atoms with E-state index < -0.39 is 22.6 Å². The average molecular weight is 309 g/mol. The highest BCUT2D eigenvalue weighted by Crippen LogP contribution is 2.39. The lowest BCUT2D eigenvalue weighted by molar-refractivity contribution is -0.137. The van der Waals surface area contributed by atoms with Crippen LogP contribution in [0.1, 0.15) is 5.56 Å². The molecule has 0 nitrogen and oxygen atoms in total. The summed E-state index contributed by atoms with van der Waals surface area (Å²) in [6.07, 6.45) is -4.61. The van der Waals surface area contributed by atoms with Crippen molar-refractivity contribution in [2.24, 2.45) is 0 Å². The van der Waals surface area contributed by atoms with Crippen molar-refractivity contribution in [3.05, 3.63) is 57.8 Å². The van der Waals surface area contributed by atoms with Gasteiger partial charge < -0.3 is 0 Å². The third-order valence-electron chi connectivity index (χ3n) is 2.52. The molecular weight excluding hydrogens is 303 g/mol. The molecule has 19 heavy (non-hydrogen) atoms. The molecule has 2 aromatic carbocycles. The van der Waals surface area contributed by atoms with E-state index in [1.165, 1.54) is 18.2 Å². The van der Waals surface area contributed by atoms with Crippen LogP contribution in [0.2, 0.25) is 10.0 Å². The summed E-state index contributed by atoms with van der Waals surface area (Å²) in [6, 6.07) is 7.06. The van der Waals surface area contributed by atoms with Crippen LogP contribution >= 0.6 is 23.2 Å². The average Bonchev–Trinajstić information content (AvgIpc) is 2.29. The van der Waals surface area contributed by atoms with Crippen molar-refractivity contribution in [2.75, 3.05) is 0 Å². The van der Waals surface area contributed by atoms with E-state index in [4.69, 9.17) is 23.2 Å². The fourth-order valence-corrected chi connectivity index (χ4v) is 2.17. The van der Waals surface area contributed by atoms with Crippen LogP contribution in [0.3, 0.4) is 0 Å². The van der Waals surface area contributed by atoms with Crippen LogP contribution in [0, 0.1) is 5.82 Å². The van der Waals surface area contributed by atoms with Crippen LogP contribution in [0.15, 0.2) is 36.4 Å². The standard InChI is InChI=1S/C13H6Cl2F4/c14-9-5-4-7(6-8(9)13(17,18)19)12-10(15)2-1-3-11(12)16/h1-6H. The molecule has 0 heterocycles. The fourth-order valence-electron chi connectivity index (χ4n) is 1.67. The zero-order valence-corrected chi connectivity index (χ0v) is 10.7. The zero-order chi connectivity index (χ0) is 14.2. The van der Waals surface area contributed by atoms with Gasteiger partial charge in [0, 0.05) is 5.56 Å². The highest BCUT2D eigenvalue weighted by atomic mass is 35.5. The number of hydrogen-bond donors (Lipinski definition) is 0. The summed E-state index contributed by atoms with van der Waals surface area (Å²) in [5, 5.41) is -0.404. The van der Waals surface area contributed by atoms with Gasteiger partial charge in [-0.25, -0.2) is 4.39 Å². The van der Waals surface area contributed by atoms with Crippen molar-refractivity contribution in [1.29, 1.82) is 0 Å². The summed E-state index contributed by atoms with van der Waals surface area (Å²) in [4.78, 5) is 0. The third kappa shape index (κ3) is 2.85. The quantitative estimate of drug-likeness (QED) is 0.582. The van der Waals surface area contributed by atoms with Gasteiger partial charge >= 0.3 is 6.18 Å². The number of halogens is 6. The van der Waals surface area contributed by atoms with E-state index in [-0.39, 0.29) is 16.1 Å². The Bertz CT molecular complexity index is 600. The van der Waals surface area contributed by atoms with Crippen molar-refractivity contribution < 1.29 is 17.6 Å². The predicted octanol–water partition coefficient (Wildman–Crippen LogP) is 5.82. The summed E-state index contributed by atoms with van der Waals surface area (Å²) in [5.74, 6) is -0.692. The Morgan fingerprint density at radius 1 is 0.895 bits per heavy atom. The van der Waals surface area contributed by atoms with E-state index in [0.717, 1.165) is 18.2 Å². The normalized spacial score (nSPS) is 11.7. The Labute approximate surface area is 116 Å². The van der Waals surface area contributed by atoms with Crippen LogP contribution in [-0.2, 0) is 6.18 Å². The summed E-state index contributed by atoms with van der Waals surface area (Å²) in [6.45, 7) is 0. The summed E-state index contributed by atoms with van der Waals surface area (Å²) >= 11 is 11.3. The monoisotopic (exact) mass is 308 g/mol. The minimum Gasteiger partial charge on any atom is -0.206 e. The molecule has 0 saturated heterocycles. The molecule has 0 bridgehead atoms. The van der Waals surface area contributed by atoms with Gasteiger partial charge in [-0.05, 0) is 29.8 Å². The van der Waals surface area contributed by atoms with Crippen molar-refractivity contribution >= 4 is 23.2 Å². The van der Waals surface area contributed by atoms with E-state index in [9.17, 15) is 17.6 Å². The van der Waals surface area contributed by atoms with Gasteiger partial charge in [0.05, 0.1) is 15.6 Å². The first-order valence-corrected chi connectivity index (χ1v) is 5.87. The van der Waals surface area contributed by atoms with Crippen LogP contribution in [0.5, 0.6) is 0 Å². The molecule has 0 amide bonds. The number of rotatable bonds is 1. The summed E-state index contributed by atoms with van der Waals surface area (Å²) < 4.78 is 51.9. The first kappa shape index (κ1) is 14.2. The van der Waals surface area contributed by atoms with Crippen molar-refractivity contribution in [3.63, 3.8) is 0 Å². The third-order valence-corrected chi connectivity index (χ3v) is 3.17. The molecule has 0 atom stereocenters. The maximum Gasteiger partial charge on any atom is 0.417 e. The molecule has 0 aliphatic heterocycles. The van der Waals surface area contributed by atoms with E-state index in [1.54, 1.807) is 0 Å².